The first kappa shape index (κ1) is 16.7. The quantitative estimate of drug-likeness (QED) is 0.858. The molecular weight excluding hydrogens is 308 g/mol. The van der Waals surface area contributed by atoms with Gasteiger partial charge < -0.3 is 0 Å². The summed E-state index contributed by atoms with van der Waals surface area (Å²) in [6, 6.07) is 10.7. The number of hydrogen-bond acceptors (Lipinski definition) is 4. The number of aromatic nitrogens is 2. The molecule has 0 bridgehead atoms. The molecule has 0 aromatic carbocycles. The van der Waals surface area contributed by atoms with Gasteiger partial charge in [-0.1, -0.05) is 6.07 Å². The molecule has 2 aromatic rings. The van der Waals surface area contributed by atoms with Crippen LogP contribution in [0.15, 0.2) is 42.7 Å². The van der Waals surface area contributed by atoms with E-state index in [0.717, 1.165) is 18.8 Å². The smallest absolute Gasteiger partial charge is 0.0547 e. The summed E-state index contributed by atoms with van der Waals surface area (Å²) >= 11 is 0. The van der Waals surface area contributed by atoms with Crippen molar-refractivity contribution in [3.63, 3.8) is 0 Å². The van der Waals surface area contributed by atoms with Crippen molar-refractivity contribution in [2.75, 3.05) is 26.2 Å². The highest BCUT2D eigenvalue weighted by atomic mass is 15.2. The van der Waals surface area contributed by atoms with Crippen LogP contribution in [0.5, 0.6) is 0 Å². The van der Waals surface area contributed by atoms with Gasteiger partial charge in [0.1, 0.15) is 0 Å². The third-order valence-electron chi connectivity index (χ3n) is 5.74. The number of rotatable bonds is 4. The zero-order valence-corrected chi connectivity index (χ0v) is 15.2. The SMILES string of the molecule is Cc1cccc(CN2CCCC3(CCN(Cc4ccncc4)C3)C2)n1. The Morgan fingerprint density at radius 2 is 1.76 bits per heavy atom. The Hall–Kier alpha value is -1.78. The summed E-state index contributed by atoms with van der Waals surface area (Å²) in [6.07, 6.45) is 7.82. The molecule has 132 valence electrons. The van der Waals surface area contributed by atoms with E-state index in [1.165, 1.54) is 56.7 Å². The maximum Gasteiger partial charge on any atom is 0.0547 e. The van der Waals surface area contributed by atoms with Crippen LogP contribution >= 0.6 is 0 Å². The zero-order valence-electron chi connectivity index (χ0n) is 15.2. The van der Waals surface area contributed by atoms with Gasteiger partial charge in [-0.3, -0.25) is 19.8 Å². The fourth-order valence-corrected chi connectivity index (χ4v) is 4.60. The van der Waals surface area contributed by atoms with E-state index in [4.69, 9.17) is 4.98 Å². The lowest BCUT2D eigenvalue weighted by atomic mass is 9.79. The second kappa shape index (κ2) is 7.22. The first-order valence-electron chi connectivity index (χ1n) is 9.47. The van der Waals surface area contributed by atoms with Crippen molar-refractivity contribution in [2.45, 2.75) is 39.3 Å². The third kappa shape index (κ3) is 4.07. The molecule has 0 aliphatic carbocycles. The molecule has 4 heteroatoms. The molecule has 0 amide bonds. The summed E-state index contributed by atoms with van der Waals surface area (Å²) in [5.74, 6) is 0. The lowest BCUT2D eigenvalue weighted by molar-refractivity contribution is 0.0857. The van der Waals surface area contributed by atoms with Crippen LogP contribution in [0.3, 0.4) is 0 Å². The largest absolute Gasteiger partial charge is 0.298 e. The molecule has 2 fully saturated rings. The summed E-state index contributed by atoms with van der Waals surface area (Å²) in [5, 5.41) is 0. The highest BCUT2D eigenvalue weighted by molar-refractivity contribution is 5.11. The van der Waals surface area contributed by atoms with Crippen molar-refractivity contribution in [1.29, 1.82) is 0 Å². The van der Waals surface area contributed by atoms with Gasteiger partial charge in [-0.25, -0.2) is 0 Å². The monoisotopic (exact) mass is 336 g/mol. The Bertz CT molecular complexity index is 702. The highest BCUT2D eigenvalue weighted by Gasteiger charge is 2.41. The van der Waals surface area contributed by atoms with Crippen LogP contribution in [0.2, 0.25) is 0 Å². The van der Waals surface area contributed by atoms with Gasteiger partial charge in [-0.2, -0.15) is 0 Å². The second-order valence-electron chi connectivity index (χ2n) is 7.90. The summed E-state index contributed by atoms with van der Waals surface area (Å²) in [7, 11) is 0. The maximum absolute atomic E-state index is 4.70. The number of likely N-dealkylation sites (tertiary alicyclic amines) is 2. The fraction of sp³-hybridized carbons (Fsp3) is 0.524. The lowest BCUT2D eigenvalue weighted by Crippen LogP contribution is -2.44. The summed E-state index contributed by atoms with van der Waals surface area (Å²) in [6.45, 7) is 9.01. The van der Waals surface area contributed by atoms with E-state index in [1.54, 1.807) is 0 Å². The van der Waals surface area contributed by atoms with Gasteiger partial charge in [0.2, 0.25) is 0 Å². The predicted molar refractivity (Wildman–Crippen MR) is 100 cm³/mol. The van der Waals surface area contributed by atoms with E-state index in [-0.39, 0.29) is 0 Å². The molecule has 1 atom stereocenters. The van der Waals surface area contributed by atoms with Crippen LogP contribution in [0.1, 0.15) is 36.2 Å². The number of hydrogen-bond donors (Lipinski definition) is 0. The predicted octanol–water partition coefficient (Wildman–Crippen LogP) is 3.27. The number of nitrogens with zero attached hydrogens (tertiary/aromatic N) is 4. The fourth-order valence-electron chi connectivity index (χ4n) is 4.60. The molecular formula is C21H28N4. The van der Waals surface area contributed by atoms with E-state index < -0.39 is 0 Å². The van der Waals surface area contributed by atoms with Crippen LogP contribution in [0.4, 0.5) is 0 Å². The Balaban J connectivity index is 1.37. The van der Waals surface area contributed by atoms with Crippen molar-refractivity contribution in [2.24, 2.45) is 5.41 Å². The van der Waals surface area contributed by atoms with Crippen molar-refractivity contribution in [3.05, 3.63) is 59.7 Å². The average molecular weight is 336 g/mol. The molecule has 4 heterocycles. The van der Waals surface area contributed by atoms with E-state index in [2.05, 4.69) is 52.0 Å². The Morgan fingerprint density at radius 3 is 2.56 bits per heavy atom. The first-order valence-corrected chi connectivity index (χ1v) is 9.47. The van der Waals surface area contributed by atoms with Gasteiger partial charge in [0.05, 0.1) is 5.69 Å². The summed E-state index contributed by atoms with van der Waals surface area (Å²) < 4.78 is 0. The highest BCUT2D eigenvalue weighted by Crippen LogP contribution is 2.39. The molecule has 0 saturated carbocycles. The lowest BCUT2D eigenvalue weighted by Gasteiger charge is -2.40. The van der Waals surface area contributed by atoms with Crippen LogP contribution in [0, 0.1) is 12.3 Å². The molecule has 2 aliphatic heterocycles. The van der Waals surface area contributed by atoms with E-state index >= 15 is 0 Å². The number of pyridine rings is 2. The van der Waals surface area contributed by atoms with Gasteiger partial charge in [0.25, 0.3) is 0 Å². The van der Waals surface area contributed by atoms with E-state index in [0.29, 0.717) is 5.41 Å². The third-order valence-corrected chi connectivity index (χ3v) is 5.74. The molecule has 4 rings (SSSR count). The normalized spacial score (nSPS) is 24.8. The molecule has 0 radical (unpaired) electrons. The molecule has 2 saturated heterocycles. The van der Waals surface area contributed by atoms with Crippen molar-refractivity contribution in [3.8, 4) is 0 Å². The first-order chi connectivity index (χ1) is 12.2. The van der Waals surface area contributed by atoms with E-state index in [9.17, 15) is 0 Å². The number of piperidine rings is 1. The van der Waals surface area contributed by atoms with Gasteiger partial charge in [-0.05, 0) is 74.5 Å². The van der Waals surface area contributed by atoms with Crippen LogP contribution in [-0.4, -0.2) is 45.9 Å². The average Bonchev–Trinajstić information content (AvgIpc) is 2.97. The molecule has 25 heavy (non-hydrogen) atoms. The molecule has 1 spiro atoms. The Labute approximate surface area is 150 Å². The Morgan fingerprint density at radius 1 is 0.960 bits per heavy atom. The van der Waals surface area contributed by atoms with Crippen LogP contribution < -0.4 is 0 Å². The minimum absolute atomic E-state index is 0.481. The molecule has 2 aliphatic rings. The van der Waals surface area contributed by atoms with Crippen molar-refractivity contribution < 1.29 is 0 Å². The second-order valence-corrected chi connectivity index (χ2v) is 7.90. The number of aryl methyl sites for hydroxylation is 1. The van der Waals surface area contributed by atoms with Crippen LogP contribution in [-0.2, 0) is 13.1 Å². The van der Waals surface area contributed by atoms with Crippen molar-refractivity contribution in [1.82, 2.24) is 19.8 Å². The minimum Gasteiger partial charge on any atom is -0.298 e. The summed E-state index contributed by atoms with van der Waals surface area (Å²) in [5.41, 5.74) is 4.19. The topological polar surface area (TPSA) is 32.3 Å². The standard InChI is InChI=1S/C21H28N4/c1-18-4-2-5-20(23-18)15-24-12-3-8-21(16-24)9-13-25(17-21)14-19-6-10-22-11-7-19/h2,4-7,10-11H,3,8-9,12-17H2,1H3. The van der Waals surface area contributed by atoms with Gasteiger partial charge in [0.15, 0.2) is 0 Å². The van der Waals surface area contributed by atoms with Crippen LogP contribution in [0.25, 0.3) is 0 Å². The summed E-state index contributed by atoms with van der Waals surface area (Å²) in [4.78, 5) is 14.1. The zero-order chi connectivity index (χ0) is 17.1. The molecule has 4 nitrogen and oxygen atoms in total. The Kier molecular flexibility index (Phi) is 4.82. The van der Waals surface area contributed by atoms with Gasteiger partial charge in [-0.15, -0.1) is 0 Å². The van der Waals surface area contributed by atoms with Gasteiger partial charge >= 0.3 is 0 Å². The van der Waals surface area contributed by atoms with Crippen molar-refractivity contribution >= 4 is 0 Å². The molecule has 1 unspecified atom stereocenters. The van der Waals surface area contributed by atoms with E-state index in [1.807, 2.05) is 12.4 Å². The van der Waals surface area contributed by atoms with Gasteiger partial charge in [0, 0.05) is 44.3 Å². The maximum atomic E-state index is 4.70. The molecule has 2 aromatic heterocycles. The molecule has 0 N–H and O–H groups in total. The minimum atomic E-state index is 0.481.